The van der Waals surface area contributed by atoms with Crippen LogP contribution in [0.2, 0.25) is 0 Å². The van der Waals surface area contributed by atoms with Gasteiger partial charge in [-0.3, -0.25) is 4.79 Å². The van der Waals surface area contributed by atoms with Crippen molar-refractivity contribution in [1.29, 1.82) is 0 Å². The van der Waals surface area contributed by atoms with E-state index in [1.807, 2.05) is 0 Å². The molecule has 0 bridgehead atoms. The molecule has 0 saturated heterocycles. The largest absolute Gasteiger partial charge is 0.382 e. The van der Waals surface area contributed by atoms with E-state index in [0.29, 0.717) is 10.7 Å². The number of nitrogens with two attached hydrogens (primary N) is 1. The summed E-state index contributed by atoms with van der Waals surface area (Å²) in [6.45, 7) is 0. The topological polar surface area (TPSA) is 56.0 Å². The monoisotopic (exact) mass is 174 g/mol. The number of hydrogen-bond donors (Lipinski definition) is 1. The first kappa shape index (κ1) is 7.56. The summed E-state index contributed by atoms with van der Waals surface area (Å²) >= 11 is 2.42. The highest BCUT2D eigenvalue weighted by Gasteiger charge is 2.09. The van der Waals surface area contributed by atoms with E-state index >= 15 is 0 Å². The molecule has 0 atom stereocenters. The molecular formula is C5H6N2OS2. The molecule has 5 heteroatoms. The van der Waals surface area contributed by atoms with Crippen LogP contribution in [-0.4, -0.2) is 16.4 Å². The zero-order chi connectivity index (χ0) is 7.56. The number of carbonyl (C=O) groups excluding carboxylic acids is 1. The summed E-state index contributed by atoms with van der Waals surface area (Å²) in [5.41, 5.74) is 6.95. The molecule has 0 aliphatic rings. The molecule has 0 aliphatic heterocycles. The SMILES string of the molecule is CSC(=O)c1scnc1N. The highest BCUT2D eigenvalue weighted by atomic mass is 32.2. The summed E-state index contributed by atoms with van der Waals surface area (Å²) in [4.78, 5) is 15.2. The van der Waals surface area contributed by atoms with E-state index in [-0.39, 0.29) is 5.12 Å². The maximum Gasteiger partial charge on any atom is 0.232 e. The van der Waals surface area contributed by atoms with Crippen LogP contribution in [0, 0.1) is 0 Å². The maximum atomic E-state index is 10.9. The second-order valence-electron chi connectivity index (χ2n) is 1.56. The number of hydrogen-bond acceptors (Lipinski definition) is 5. The highest BCUT2D eigenvalue weighted by Crippen LogP contribution is 2.19. The number of thioether (sulfide) groups is 1. The van der Waals surface area contributed by atoms with Crippen molar-refractivity contribution in [3.63, 3.8) is 0 Å². The molecule has 0 aliphatic carbocycles. The summed E-state index contributed by atoms with van der Waals surface area (Å²) < 4.78 is 0. The molecule has 0 unspecified atom stereocenters. The molecule has 3 nitrogen and oxygen atoms in total. The summed E-state index contributed by atoms with van der Waals surface area (Å²) in [6.07, 6.45) is 1.72. The molecular weight excluding hydrogens is 168 g/mol. The summed E-state index contributed by atoms with van der Waals surface area (Å²) in [5.74, 6) is 0.337. The van der Waals surface area contributed by atoms with Gasteiger partial charge in [-0.15, -0.1) is 11.3 Å². The highest BCUT2D eigenvalue weighted by molar-refractivity contribution is 8.13. The van der Waals surface area contributed by atoms with Crippen LogP contribution in [0.15, 0.2) is 5.51 Å². The predicted octanol–water partition coefficient (Wildman–Crippen LogP) is 1.23. The summed E-state index contributed by atoms with van der Waals surface area (Å²) in [5, 5.41) is -0.0139. The van der Waals surface area contributed by atoms with E-state index in [9.17, 15) is 4.79 Å². The molecule has 1 aromatic heterocycles. The van der Waals surface area contributed by atoms with Crippen molar-refractivity contribution in [2.75, 3.05) is 12.0 Å². The van der Waals surface area contributed by atoms with E-state index in [1.54, 1.807) is 11.8 Å². The van der Waals surface area contributed by atoms with E-state index in [4.69, 9.17) is 5.73 Å². The lowest BCUT2D eigenvalue weighted by molar-refractivity contribution is 0.109. The Kier molecular flexibility index (Phi) is 2.29. The van der Waals surface area contributed by atoms with Crippen LogP contribution in [0.4, 0.5) is 5.82 Å². The Hall–Kier alpha value is -0.550. The Balaban J connectivity index is 2.93. The number of thiazole rings is 1. The van der Waals surface area contributed by atoms with Crippen LogP contribution < -0.4 is 5.73 Å². The first-order valence-electron chi connectivity index (χ1n) is 2.53. The average Bonchev–Trinajstić information content (AvgIpc) is 2.34. The van der Waals surface area contributed by atoms with Gasteiger partial charge in [0.05, 0.1) is 5.51 Å². The third-order valence-electron chi connectivity index (χ3n) is 0.966. The zero-order valence-corrected chi connectivity index (χ0v) is 6.96. The molecule has 2 N–H and O–H groups in total. The van der Waals surface area contributed by atoms with E-state index in [1.165, 1.54) is 11.3 Å². The second-order valence-corrected chi connectivity index (χ2v) is 3.19. The van der Waals surface area contributed by atoms with Crippen LogP contribution in [0.3, 0.4) is 0 Å². The molecule has 0 amide bonds. The number of aromatic nitrogens is 1. The van der Waals surface area contributed by atoms with Gasteiger partial charge < -0.3 is 5.73 Å². The fourth-order valence-corrected chi connectivity index (χ4v) is 1.73. The number of nitrogen functional groups attached to an aromatic ring is 1. The summed E-state index contributed by atoms with van der Waals surface area (Å²) in [6, 6.07) is 0. The van der Waals surface area contributed by atoms with Gasteiger partial charge in [0.2, 0.25) is 5.12 Å². The molecule has 1 aromatic rings. The Morgan fingerprint density at radius 3 is 3.00 bits per heavy atom. The Bertz CT molecular complexity index is 246. The van der Waals surface area contributed by atoms with E-state index in [0.717, 1.165) is 11.8 Å². The molecule has 54 valence electrons. The number of anilines is 1. The van der Waals surface area contributed by atoms with E-state index < -0.39 is 0 Å². The molecule has 1 heterocycles. The van der Waals surface area contributed by atoms with Gasteiger partial charge in [0.15, 0.2) is 0 Å². The number of carbonyl (C=O) groups is 1. The van der Waals surface area contributed by atoms with Gasteiger partial charge in [0, 0.05) is 0 Å². The first-order chi connectivity index (χ1) is 4.75. The lowest BCUT2D eigenvalue weighted by Gasteiger charge is -1.89. The molecule has 0 aromatic carbocycles. The van der Waals surface area contributed by atoms with Crippen LogP contribution in [-0.2, 0) is 0 Å². The van der Waals surface area contributed by atoms with Gasteiger partial charge in [-0.25, -0.2) is 4.98 Å². The Morgan fingerprint density at radius 1 is 1.90 bits per heavy atom. The Morgan fingerprint density at radius 2 is 2.60 bits per heavy atom. The third kappa shape index (κ3) is 1.30. The fourth-order valence-electron chi connectivity index (χ4n) is 0.500. The number of rotatable bonds is 1. The normalized spacial score (nSPS) is 9.70. The van der Waals surface area contributed by atoms with Crippen LogP contribution >= 0.6 is 23.1 Å². The molecule has 1 rings (SSSR count). The Labute approximate surface area is 66.6 Å². The molecule has 10 heavy (non-hydrogen) atoms. The molecule has 0 saturated carbocycles. The second kappa shape index (κ2) is 3.03. The third-order valence-corrected chi connectivity index (χ3v) is 2.51. The van der Waals surface area contributed by atoms with Crippen molar-refractivity contribution in [1.82, 2.24) is 4.98 Å². The zero-order valence-electron chi connectivity index (χ0n) is 5.33. The van der Waals surface area contributed by atoms with Gasteiger partial charge in [-0.05, 0) is 6.26 Å². The minimum absolute atomic E-state index is 0.0139. The summed E-state index contributed by atoms with van der Waals surface area (Å²) in [7, 11) is 0. The molecule has 0 radical (unpaired) electrons. The first-order valence-corrected chi connectivity index (χ1v) is 4.63. The maximum absolute atomic E-state index is 10.9. The lowest BCUT2D eigenvalue weighted by atomic mass is 10.5. The minimum atomic E-state index is -0.0139. The standard InChI is InChI=1S/C5H6N2OS2/c1-9-5(8)3-4(6)7-2-10-3/h2H,6H2,1H3. The lowest BCUT2D eigenvalue weighted by Crippen LogP contribution is -1.94. The van der Waals surface area contributed by atoms with Crippen molar-refractivity contribution in [3.05, 3.63) is 10.4 Å². The van der Waals surface area contributed by atoms with Gasteiger partial charge in [0.25, 0.3) is 0 Å². The van der Waals surface area contributed by atoms with Crippen LogP contribution in [0.25, 0.3) is 0 Å². The van der Waals surface area contributed by atoms with Crippen molar-refractivity contribution in [2.45, 2.75) is 0 Å². The van der Waals surface area contributed by atoms with Crippen molar-refractivity contribution >= 4 is 34.0 Å². The van der Waals surface area contributed by atoms with E-state index in [2.05, 4.69) is 4.98 Å². The molecule has 0 spiro atoms. The van der Waals surface area contributed by atoms with Crippen LogP contribution in [0.5, 0.6) is 0 Å². The van der Waals surface area contributed by atoms with Crippen LogP contribution in [0.1, 0.15) is 9.67 Å². The quantitative estimate of drug-likeness (QED) is 0.695. The number of nitrogens with zero attached hydrogens (tertiary/aromatic N) is 1. The smallest absolute Gasteiger partial charge is 0.232 e. The van der Waals surface area contributed by atoms with Crippen molar-refractivity contribution < 1.29 is 4.79 Å². The van der Waals surface area contributed by atoms with Gasteiger partial charge >= 0.3 is 0 Å². The van der Waals surface area contributed by atoms with Gasteiger partial charge in [0.1, 0.15) is 10.7 Å². The fraction of sp³-hybridized carbons (Fsp3) is 0.200. The van der Waals surface area contributed by atoms with Crippen molar-refractivity contribution in [2.24, 2.45) is 0 Å². The average molecular weight is 174 g/mol. The van der Waals surface area contributed by atoms with Gasteiger partial charge in [-0.1, -0.05) is 11.8 Å². The minimum Gasteiger partial charge on any atom is -0.382 e. The molecule has 0 fully saturated rings. The predicted molar refractivity (Wildman–Crippen MR) is 44.4 cm³/mol. The van der Waals surface area contributed by atoms with Gasteiger partial charge in [-0.2, -0.15) is 0 Å². The van der Waals surface area contributed by atoms with Crippen molar-refractivity contribution in [3.8, 4) is 0 Å².